The van der Waals surface area contributed by atoms with Crippen LogP contribution in [0.3, 0.4) is 0 Å². The van der Waals surface area contributed by atoms with Gasteiger partial charge in [0.25, 0.3) is 11.8 Å². The molecule has 0 aliphatic carbocycles. The Morgan fingerprint density at radius 1 is 1.00 bits per heavy atom. The summed E-state index contributed by atoms with van der Waals surface area (Å²) in [4.78, 5) is 62.9. The van der Waals surface area contributed by atoms with E-state index < -0.39 is 11.9 Å². The third-order valence-corrected chi connectivity index (χ3v) is 5.67. The molecule has 0 spiro atoms. The van der Waals surface area contributed by atoms with Crippen molar-refractivity contribution in [3.8, 4) is 0 Å². The summed E-state index contributed by atoms with van der Waals surface area (Å²) < 4.78 is 5.19. The number of anilines is 1. The van der Waals surface area contributed by atoms with Crippen molar-refractivity contribution in [3.63, 3.8) is 0 Å². The minimum absolute atomic E-state index is 0.175. The molecule has 5 amide bonds. The average molecular weight is 535 g/mol. The van der Waals surface area contributed by atoms with Crippen LogP contribution in [0.15, 0.2) is 36.4 Å². The number of hydrogen-bond acceptors (Lipinski definition) is 6. The zero-order valence-corrected chi connectivity index (χ0v) is 21.9. The molecule has 11 heteroatoms. The number of rotatable bonds is 15. The third-order valence-electron chi connectivity index (χ3n) is 5.44. The average Bonchev–Trinajstić information content (AvgIpc) is 3.17. The number of unbranched alkanes of at least 4 members (excludes halogenated alkanes) is 2. The molecular formula is C25H32N4O6V. The van der Waals surface area contributed by atoms with Crippen molar-refractivity contribution < 1.29 is 45.7 Å². The second kappa shape index (κ2) is 15.1. The molecule has 1 aliphatic heterocycles. The van der Waals surface area contributed by atoms with Gasteiger partial charge in [0.2, 0.25) is 5.91 Å². The third kappa shape index (κ3) is 9.89. The van der Waals surface area contributed by atoms with E-state index in [-0.39, 0.29) is 42.5 Å². The molecule has 193 valence electrons. The summed E-state index contributed by atoms with van der Waals surface area (Å²) in [5.74, 6) is -1.89. The van der Waals surface area contributed by atoms with Crippen molar-refractivity contribution in [2.75, 3.05) is 18.4 Å². The van der Waals surface area contributed by atoms with Crippen molar-refractivity contribution in [2.45, 2.75) is 52.2 Å². The van der Waals surface area contributed by atoms with Gasteiger partial charge >= 0.3 is 103 Å². The van der Waals surface area contributed by atoms with Gasteiger partial charge < -0.3 is 5.32 Å². The van der Waals surface area contributed by atoms with Crippen LogP contribution in [0.2, 0.25) is 0 Å². The van der Waals surface area contributed by atoms with Crippen LogP contribution >= 0.6 is 0 Å². The van der Waals surface area contributed by atoms with Gasteiger partial charge in [-0.15, -0.1) is 0 Å². The summed E-state index contributed by atoms with van der Waals surface area (Å²) in [6, 6.07) is 6.38. The summed E-state index contributed by atoms with van der Waals surface area (Å²) in [5, 5.41) is 8.02. The molecule has 1 unspecified atom stereocenters. The Labute approximate surface area is 219 Å². The van der Waals surface area contributed by atoms with Gasteiger partial charge in [-0.3, -0.25) is 24.1 Å². The Morgan fingerprint density at radius 3 is 2.28 bits per heavy atom. The molecule has 1 atom stereocenters. The maximum atomic E-state index is 12.6. The Balaban J connectivity index is 1.69. The Hall–Kier alpha value is -3.08. The Kier molecular flexibility index (Phi) is 12.3. The zero-order valence-electron chi connectivity index (χ0n) is 20.5. The van der Waals surface area contributed by atoms with Crippen molar-refractivity contribution in [1.82, 2.24) is 15.5 Å². The Morgan fingerprint density at radius 2 is 1.67 bits per heavy atom. The number of imide groups is 1. The van der Waals surface area contributed by atoms with Crippen LogP contribution in [0.1, 0.15) is 45.1 Å². The van der Waals surface area contributed by atoms with E-state index in [1.165, 1.54) is 17.1 Å². The van der Waals surface area contributed by atoms with Gasteiger partial charge in [-0.1, -0.05) is 20.3 Å². The predicted molar refractivity (Wildman–Crippen MR) is 130 cm³/mol. The van der Waals surface area contributed by atoms with Gasteiger partial charge in [0.05, 0.1) is 0 Å². The number of benzene rings is 1. The van der Waals surface area contributed by atoms with Gasteiger partial charge in [-0.2, -0.15) is 0 Å². The van der Waals surface area contributed by atoms with E-state index in [1.54, 1.807) is 17.0 Å². The molecule has 1 aromatic carbocycles. The summed E-state index contributed by atoms with van der Waals surface area (Å²) >= 11 is 2.22. The summed E-state index contributed by atoms with van der Waals surface area (Å²) in [5.41, 5.74) is 1.55. The number of ether oxygens (including phenoxy) is 1. The molecule has 0 bridgehead atoms. The summed E-state index contributed by atoms with van der Waals surface area (Å²) in [6.07, 6.45) is 4.53. The molecule has 1 aromatic rings. The van der Waals surface area contributed by atoms with E-state index in [2.05, 4.69) is 32.9 Å². The first-order chi connectivity index (χ1) is 17.2. The molecule has 1 heterocycles. The second-order valence-electron chi connectivity index (χ2n) is 8.64. The van der Waals surface area contributed by atoms with E-state index >= 15 is 0 Å². The molecule has 0 saturated carbocycles. The first-order valence-corrected chi connectivity index (χ1v) is 12.6. The fourth-order valence-electron chi connectivity index (χ4n) is 3.46. The quantitative estimate of drug-likeness (QED) is 0.228. The van der Waals surface area contributed by atoms with E-state index in [4.69, 9.17) is 4.74 Å². The first-order valence-electron chi connectivity index (χ1n) is 11.8. The number of nitrogens with zero attached hydrogens (tertiary/aromatic N) is 1. The van der Waals surface area contributed by atoms with E-state index in [0.29, 0.717) is 38.1 Å². The molecule has 36 heavy (non-hydrogen) atoms. The Bertz CT molecular complexity index is 975. The number of hydrogen-bond donors (Lipinski definition) is 3. The zero-order chi connectivity index (χ0) is 26.5. The van der Waals surface area contributed by atoms with E-state index in [9.17, 15) is 24.0 Å². The first kappa shape index (κ1) is 29.2. The van der Waals surface area contributed by atoms with Crippen molar-refractivity contribution in [3.05, 3.63) is 42.0 Å². The van der Waals surface area contributed by atoms with Crippen LogP contribution < -0.4 is 16.0 Å². The molecule has 3 N–H and O–H groups in total. The van der Waals surface area contributed by atoms with Crippen molar-refractivity contribution in [2.24, 2.45) is 5.92 Å². The number of nitrogens with one attached hydrogen (secondary N) is 3. The number of amides is 5. The van der Waals surface area contributed by atoms with Gasteiger partial charge in [0.15, 0.2) is 0 Å². The molecule has 0 aromatic heterocycles. The maximum absolute atomic E-state index is 12.6. The van der Waals surface area contributed by atoms with Gasteiger partial charge in [0.1, 0.15) is 6.04 Å². The SMILES string of the molecule is CC(C)C(NC(=O)CCCCCN1C(=O)C=CC1=O)C(=O)NCC(=O)Nc1ccc(CO[CH]=[V])cc1. The number of carbonyl (C=O) groups excluding carboxylic acids is 5. The fourth-order valence-corrected chi connectivity index (χ4v) is 3.58. The van der Waals surface area contributed by atoms with Crippen LogP contribution in [-0.2, 0) is 52.3 Å². The van der Waals surface area contributed by atoms with Gasteiger partial charge in [-0.25, -0.2) is 0 Å². The monoisotopic (exact) mass is 535 g/mol. The van der Waals surface area contributed by atoms with Gasteiger partial charge in [0, 0.05) is 25.1 Å². The van der Waals surface area contributed by atoms with Crippen LogP contribution in [0, 0.1) is 5.92 Å². The van der Waals surface area contributed by atoms with Crippen LogP contribution in [0.4, 0.5) is 5.69 Å². The molecular weight excluding hydrogens is 503 g/mol. The normalized spacial score (nSPS) is 13.6. The van der Waals surface area contributed by atoms with E-state index in [0.717, 1.165) is 5.56 Å². The van der Waals surface area contributed by atoms with E-state index in [1.807, 2.05) is 26.0 Å². The molecule has 10 nitrogen and oxygen atoms in total. The molecule has 0 fully saturated rings. The standard InChI is InChI=1S/C25H32N4O6.V/c1-17(2)24(28-20(30)7-5-4-6-14-29-22(32)12-13-23(29)33)25(34)26-15-21(31)27-19-10-8-18(9-11-19)16-35-3;/h3,8-13,17,24H,4-7,14-16H2,1-2H3,(H,26,34)(H,27,31)(H,28,30);. The number of carbonyl (C=O) groups is 5. The molecule has 2 rings (SSSR count). The van der Waals surface area contributed by atoms with Crippen LogP contribution in [0.5, 0.6) is 0 Å². The molecule has 0 saturated heterocycles. The topological polar surface area (TPSA) is 134 Å². The second-order valence-corrected chi connectivity index (χ2v) is 8.97. The van der Waals surface area contributed by atoms with Crippen molar-refractivity contribution in [1.29, 1.82) is 0 Å². The predicted octanol–water partition coefficient (Wildman–Crippen LogP) is 1.19. The fraction of sp³-hybridized carbons (Fsp3) is 0.440. The minimum atomic E-state index is -0.774. The molecule has 0 radical (unpaired) electrons. The molecule has 1 aliphatic rings. The van der Waals surface area contributed by atoms with Crippen molar-refractivity contribution >= 4 is 40.1 Å². The summed E-state index contributed by atoms with van der Waals surface area (Å²) in [7, 11) is 0. The summed E-state index contributed by atoms with van der Waals surface area (Å²) in [6.45, 7) is 4.14. The van der Waals surface area contributed by atoms with Crippen LogP contribution in [-0.4, -0.2) is 58.5 Å². The van der Waals surface area contributed by atoms with Crippen LogP contribution in [0.25, 0.3) is 0 Å². The van der Waals surface area contributed by atoms with Gasteiger partial charge in [-0.05, 0) is 18.8 Å².